The molecule has 0 bridgehead atoms. The first-order valence-electron chi connectivity index (χ1n) is 15.3. The molecule has 0 radical (unpaired) electrons. The number of ether oxygens (including phenoxy) is 2. The van der Waals surface area contributed by atoms with Gasteiger partial charge in [-0.25, -0.2) is 17.1 Å². The smallest absolute Gasteiger partial charge is 0.419 e. The van der Waals surface area contributed by atoms with Crippen LogP contribution in [-0.4, -0.2) is 85.9 Å². The normalized spacial score (nSPS) is 16.6. The van der Waals surface area contributed by atoms with Gasteiger partial charge in [0.15, 0.2) is 6.10 Å². The summed E-state index contributed by atoms with van der Waals surface area (Å²) in [5.41, 5.74) is -1.12. The van der Waals surface area contributed by atoms with E-state index in [9.17, 15) is 45.2 Å². The molecule has 0 aromatic heterocycles. The highest BCUT2D eigenvalue weighted by molar-refractivity contribution is 7.89. The van der Waals surface area contributed by atoms with Crippen LogP contribution in [0, 0.1) is 12.7 Å². The Morgan fingerprint density at radius 3 is 2.28 bits per heavy atom. The van der Waals surface area contributed by atoms with Crippen LogP contribution in [0.2, 0.25) is 0 Å². The molecule has 1 fully saturated rings. The van der Waals surface area contributed by atoms with Crippen molar-refractivity contribution in [1.29, 1.82) is 0 Å². The summed E-state index contributed by atoms with van der Waals surface area (Å²) >= 11 is 0. The number of benzene rings is 2. The van der Waals surface area contributed by atoms with E-state index in [1.165, 1.54) is 30.0 Å². The SMILES string of the molecule is CC(=O)OC[C@H](CN(C(C)=O)c1ccc(CCS(=O)(=O)N2CCC3(CC2)N=C(c2ccc(F)c(C(F)(F)F)c2)NC3=O)c(C)c1)OC(C)=O.S. The van der Waals surface area contributed by atoms with E-state index in [1.807, 2.05) is 0 Å². The van der Waals surface area contributed by atoms with Gasteiger partial charge in [0, 0.05) is 45.1 Å². The van der Waals surface area contributed by atoms with Crippen LogP contribution in [0.5, 0.6) is 0 Å². The predicted molar refractivity (Wildman–Crippen MR) is 179 cm³/mol. The second-order valence-corrected chi connectivity index (χ2v) is 14.0. The zero-order valence-electron chi connectivity index (χ0n) is 27.7. The van der Waals surface area contributed by atoms with Gasteiger partial charge in [0.05, 0.1) is 17.9 Å². The fourth-order valence-corrected chi connectivity index (χ4v) is 7.18. The monoisotopic (exact) mass is 746 g/mol. The lowest BCUT2D eigenvalue weighted by molar-refractivity contribution is -0.155. The number of amidine groups is 1. The third-order valence-electron chi connectivity index (χ3n) is 8.31. The summed E-state index contributed by atoms with van der Waals surface area (Å²) in [5.74, 6) is -3.99. The van der Waals surface area contributed by atoms with Crippen LogP contribution in [0.15, 0.2) is 41.4 Å². The number of aryl methyl sites for hydroxylation is 2. The van der Waals surface area contributed by atoms with Crippen LogP contribution in [-0.2, 0) is 51.3 Å². The van der Waals surface area contributed by atoms with Gasteiger partial charge in [0.25, 0.3) is 5.91 Å². The minimum atomic E-state index is -4.94. The molecular weight excluding hydrogens is 708 g/mol. The summed E-state index contributed by atoms with van der Waals surface area (Å²) in [7, 11) is -3.80. The largest absolute Gasteiger partial charge is 0.462 e. The Morgan fingerprint density at radius 1 is 1.06 bits per heavy atom. The highest BCUT2D eigenvalue weighted by Gasteiger charge is 2.48. The number of nitrogens with one attached hydrogen (secondary N) is 1. The number of sulfonamides is 1. The van der Waals surface area contributed by atoms with Crippen LogP contribution in [0.3, 0.4) is 0 Å². The van der Waals surface area contributed by atoms with Crippen LogP contribution < -0.4 is 10.2 Å². The van der Waals surface area contributed by atoms with Gasteiger partial charge in [-0.1, -0.05) is 6.07 Å². The third kappa shape index (κ3) is 9.60. The zero-order chi connectivity index (χ0) is 36.3. The standard InChI is InChI=1S/C32H36F4N4O8S.H2S/c1-19-15-25(40(20(2)41)17-26(48-22(4)43)18-47-21(3)42)7-5-23(19)9-14-49(45,46)39-12-10-31(11-13-39)30(44)37-29(38-31)24-6-8-28(33)27(16-24)32(34,35)36;/h5-8,15-16,26H,9-14,17-18H2,1-4H3,(H,37,38,44);1H2/t26-;/m0./s1. The van der Waals surface area contributed by atoms with Crippen molar-refractivity contribution >= 4 is 58.8 Å². The lowest BCUT2D eigenvalue weighted by Crippen LogP contribution is -2.50. The molecular formula is C32H38F4N4O8S2. The summed E-state index contributed by atoms with van der Waals surface area (Å²) in [4.78, 5) is 54.0. The highest BCUT2D eigenvalue weighted by Crippen LogP contribution is 2.35. The van der Waals surface area contributed by atoms with Gasteiger partial charge in [-0.3, -0.25) is 24.2 Å². The van der Waals surface area contributed by atoms with Crippen molar-refractivity contribution in [2.24, 2.45) is 4.99 Å². The van der Waals surface area contributed by atoms with E-state index in [0.29, 0.717) is 28.9 Å². The molecule has 0 saturated carbocycles. The topological polar surface area (TPSA) is 152 Å². The summed E-state index contributed by atoms with van der Waals surface area (Å²) in [6.07, 6.45) is -5.74. The van der Waals surface area contributed by atoms with E-state index in [0.717, 1.165) is 6.07 Å². The minimum absolute atomic E-state index is 0. The van der Waals surface area contributed by atoms with Crippen molar-refractivity contribution in [3.05, 3.63) is 64.5 Å². The van der Waals surface area contributed by atoms with Crippen molar-refractivity contribution in [3.8, 4) is 0 Å². The molecule has 1 N–H and O–H groups in total. The number of esters is 2. The molecule has 2 heterocycles. The second-order valence-electron chi connectivity index (χ2n) is 11.9. The van der Waals surface area contributed by atoms with Gasteiger partial charge in [0.1, 0.15) is 23.8 Å². The van der Waals surface area contributed by atoms with Crippen LogP contribution in [0.1, 0.15) is 55.9 Å². The quantitative estimate of drug-likeness (QED) is 0.272. The first-order chi connectivity index (χ1) is 22.8. The maximum atomic E-state index is 13.8. The first kappa shape index (κ1) is 40.4. The molecule has 2 aromatic carbocycles. The molecule has 18 heteroatoms. The molecule has 1 spiro atoms. The lowest BCUT2D eigenvalue weighted by atomic mass is 9.89. The Balaban J connectivity index is 0.00000676. The molecule has 0 aliphatic carbocycles. The maximum absolute atomic E-state index is 13.8. The molecule has 1 saturated heterocycles. The number of hydrogen-bond acceptors (Lipinski definition) is 9. The number of halogens is 4. The van der Waals surface area contributed by atoms with Gasteiger partial charge in [-0.05, 0) is 67.6 Å². The van der Waals surface area contributed by atoms with E-state index >= 15 is 0 Å². The number of carbonyl (C=O) groups excluding carboxylic acids is 4. The van der Waals surface area contributed by atoms with E-state index < -0.39 is 57.1 Å². The van der Waals surface area contributed by atoms with Crippen molar-refractivity contribution in [1.82, 2.24) is 9.62 Å². The number of amides is 2. The van der Waals surface area contributed by atoms with Crippen molar-refractivity contribution in [3.63, 3.8) is 0 Å². The van der Waals surface area contributed by atoms with E-state index in [1.54, 1.807) is 25.1 Å². The molecule has 4 rings (SSSR count). The molecule has 274 valence electrons. The average molecular weight is 747 g/mol. The number of hydrogen-bond donors (Lipinski definition) is 1. The average Bonchev–Trinajstić information content (AvgIpc) is 3.31. The lowest BCUT2D eigenvalue weighted by Gasteiger charge is -2.34. The number of nitrogens with zero attached hydrogens (tertiary/aromatic N) is 3. The summed E-state index contributed by atoms with van der Waals surface area (Å²) in [6, 6.07) is 7.32. The number of piperidine rings is 1. The summed E-state index contributed by atoms with van der Waals surface area (Å²) in [5, 5.41) is 2.47. The highest BCUT2D eigenvalue weighted by atomic mass is 32.2. The van der Waals surface area contributed by atoms with Crippen molar-refractivity contribution in [2.75, 3.05) is 36.9 Å². The Morgan fingerprint density at radius 2 is 1.72 bits per heavy atom. The molecule has 2 aliphatic heterocycles. The van der Waals surface area contributed by atoms with Gasteiger partial charge in [-0.2, -0.15) is 26.7 Å². The minimum Gasteiger partial charge on any atom is -0.462 e. The maximum Gasteiger partial charge on any atom is 0.419 e. The number of alkyl halides is 3. The van der Waals surface area contributed by atoms with E-state index in [4.69, 9.17) is 9.47 Å². The van der Waals surface area contributed by atoms with Gasteiger partial charge in [-0.15, -0.1) is 0 Å². The van der Waals surface area contributed by atoms with Gasteiger partial charge >= 0.3 is 18.1 Å². The molecule has 0 unspecified atom stereocenters. The first-order valence-corrected chi connectivity index (χ1v) is 16.9. The number of rotatable bonds is 11. The van der Waals surface area contributed by atoms with Crippen LogP contribution >= 0.6 is 13.5 Å². The number of anilines is 1. The summed E-state index contributed by atoms with van der Waals surface area (Å²) in [6.45, 7) is 5.03. The zero-order valence-corrected chi connectivity index (χ0v) is 29.5. The predicted octanol–water partition coefficient (Wildman–Crippen LogP) is 3.40. The Kier molecular flexibility index (Phi) is 12.8. The van der Waals surface area contributed by atoms with Gasteiger partial charge in [0.2, 0.25) is 15.9 Å². The van der Waals surface area contributed by atoms with Gasteiger partial charge < -0.3 is 19.7 Å². The van der Waals surface area contributed by atoms with Crippen molar-refractivity contribution in [2.45, 2.75) is 64.8 Å². The van der Waals surface area contributed by atoms with Crippen LogP contribution in [0.25, 0.3) is 0 Å². The van der Waals surface area contributed by atoms with Crippen molar-refractivity contribution < 1.29 is 54.6 Å². The van der Waals surface area contributed by atoms with E-state index in [2.05, 4.69) is 10.3 Å². The summed E-state index contributed by atoms with van der Waals surface area (Å²) < 4.78 is 91.5. The number of aliphatic imine (C=N–C) groups is 1. The fourth-order valence-electron chi connectivity index (χ4n) is 5.70. The number of carbonyl (C=O) groups is 4. The van der Waals surface area contributed by atoms with Crippen LogP contribution in [0.4, 0.5) is 23.2 Å². The van der Waals surface area contributed by atoms with E-state index in [-0.39, 0.29) is 82.1 Å². The third-order valence-corrected chi connectivity index (χ3v) is 10.2. The molecule has 2 aromatic rings. The molecule has 2 amide bonds. The second kappa shape index (κ2) is 15.9. The Bertz CT molecular complexity index is 1780. The molecule has 50 heavy (non-hydrogen) atoms. The Labute approximate surface area is 293 Å². The molecule has 1 atom stereocenters. The molecule has 12 nitrogen and oxygen atoms in total. The molecule has 2 aliphatic rings. The fraction of sp³-hybridized carbons (Fsp3) is 0.469. The Hall–Kier alpha value is -4.03.